The zero-order valence-corrected chi connectivity index (χ0v) is 17.3. The van der Waals surface area contributed by atoms with Crippen LogP contribution in [-0.2, 0) is 21.4 Å². The molecule has 0 spiro atoms. The largest absolute Gasteiger partial charge is 0.371 e. The van der Waals surface area contributed by atoms with E-state index >= 15 is 0 Å². The van der Waals surface area contributed by atoms with Gasteiger partial charge in [0.25, 0.3) is 0 Å². The van der Waals surface area contributed by atoms with Gasteiger partial charge in [0, 0.05) is 12.1 Å². The molecular weight excluding hydrogens is 382 g/mol. The van der Waals surface area contributed by atoms with Crippen LogP contribution in [0.4, 0.5) is 0 Å². The van der Waals surface area contributed by atoms with Crippen LogP contribution in [0.1, 0.15) is 23.6 Å². The van der Waals surface area contributed by atoms with E-state index in [2.05, 4.69) is 34.7 Å². The molecule has 3 aromatic carbocycles. The number of fused-ring (bicyclic) bond motifs is 3. The molecule has 0 atom stereocenters. The molecule has 1 heterocycles. The molecule has 4 nitrogen and oxygen atoms in total. The number of hydrogen-bond acceptors (Lipinski definition) is 3. The fraction of sp³-hybridized carbons (Fsp3) is 0.208. The summed E-state index contributed by atoms with van der Waals surface area (Å²) in [5, 5.41) is 2.37. The van der Waals surface area contributed by atoms with Gasteiger partial charge >= 0.3 is 0 Å². The SMILES string of the molecule is CC(=C=C1COCc2c1ccc1ccccc21)CNS(=O)(=O)c1ccc(C)cc1. The summed E-state index contributed by atoms with van der Waals surface area (Å²) >= 11 is 0. The molecule has 29 heavy (non-hydrogen) atoms. The van der Waals surface area contributed by atoms with Gasteiger partial charge in [0.15, 0.2) is 0 Å². The third-order valence-electron chi connectivity index (χ3n) is 5.08. The van der Waals surface area contributed by atoms with E-state index in [1.54, 1.807) is 24.3 Å². The minimum absolute atomic E-state index is 0.197. The van der Waals surface area contributed by atoms with Crippen molar-refractivity contribution >= 4 is 26.4 Å². The Morgan fingerprint density at radius 2 is 1.79 bits per heavy atom. The van der Waals surface area contributed by atoms with Crippen LogP contribution in [0.5, 0.6) is 0 Å². The van der Waals surface area contributed by atoms with E-state index < -0.39 is 10.0 Å². The molecule has 1 N–H and O–H groups in total. The Hall–Kier alpha value is -2.69. The Morgan fingerprint density at radius 1 is 1.03 bits per heavy atom. The second kappa shape index (κ2) is 7.97. The standard InChI is InChI=1S/C24H23NO3S/c1-17-7-10-21(11-8-17)29(26,27)25-14-18(2)13-20-15-28-16-24-22-6-4-3-5-19(22)9-12-23(20)24/h3-12,25H,14-16H2,1-2H3. The second-order valence-electron chi connectivity index (χ2n) is 7.33. The normalized spacial score (nSPS) is 13.8. The summed E-state index contributed by atoms with van der Waals surface area (Å²) in [5.41, 5.74) is 8.41. The van der Waals surface area contributed by atoms with Gasteiger partial charge in [-0.1, -0.05) is 54.1 Å². The maximum Gasteiger partial charge on any atom is 0.240 e. The van der Waals surface area contributed by atoms with Crippen LogP contribution < -0.4 is 4.72 Å². The zero-order valence-electron chi connectivity index (χ0n) is 16.5. The maximum atomic E-state index is 12.5. The third kappa shape index (κ3) is 4.19. The molecule has 0 bridgehead atoms. The summed E-state index contributed by atoms with van der Waals surface area (Å²) in [4.78, 5) is 0.265. The van der Waals surface area contributed by atoms with Crippen molar-refractivity contribution in [2.45, 2.75) is 25.3 Å². The Morgan fingerprint density at radius 3 is 2.59 bits per heavy atom. The summed E-state index contributed by atoms with van der Waals surface area (Å²) in [7, 11) is -3.55. The average molecular weight is 406 g/mol. The summed E-state index contributed by atoms with van der Waals surface area (Å²) in [6.45, 7) is 5.03. The van der Waals surface area contributed by atoms with Crippen LogP contribution in [0.15, 0.2) is 76.9 Å². The van der Waals surface area contributed by atoms with Crippen molar-refractivity contribution < 1.29 is 13.2 Å². The first-order valence-electron chi connectivity index (χ1n) is 9.54. The van der Waals surface area contributed by atoms with E-state index in [0.717, 1.165) is 27.8 Å². The van der Waals surface area contributed by atoms with Gasteiger partial charge in [-0.05, 0) is 53.5 Å². The van der Waals surface area contributed by atoms with E-state index in [0.29, 0.717) is 13.2 Å². The van der Waals surface area contributed by atoms with E-state index in [4.69, 9.17) is 4.74 Å². The van der Waals surface area contributed by atoms with Crippen LogP contribution in [0.3, 0.4) is 0 Å². The number of ether oxygens (including phenoxy) is 1. The molecule has 0 radical (unpaired) electrons. The summed E-state index contributed by atoms with van der Waals surface area (Å²) in [6.07, 6.45) is 0. The molecule has 0 fully saturated rings. The molecule has 5 heteroatoms. The smallest absolute Gasteiger partial charge is 0.240 e. The van der Waals surface area contributed by atoms with Crippen LogP contribution in [0.2, 0.25) is 0 Å². The molecule has 1 aliphatic heterocycles. The molecule has 0 saturated carbocycles. The van der Waals surface area contributed by atoms with Crippen molar-refractivity contribution in [2.24, 2.45) is 0 Å². The molecule has 0 unspecified atom stereocenters. The zero-order chi connectivity index (χ0) is 20.4. The van der Waals surface area contributed by atoms with E-state index in [9.17, 15) is 8.42 Å². The first-order valence-corrected chi connectivity index (χ1v) is 11.0. The molecule has 0 amide bonds. The summed E-state index contributed by atoms with van der Waals surface area (Å²) < 4.78 is 33.5. The first-order chi connectivity index (χ1) is 13.9. The van der Waals surface area contributed by atoms with Crippen molar-refractivity contribution in [1.82, 2.24) is 4.72 Å². The third-order valence-corrected chi connectivity index (χ3v) is 6.50. The van der Waals surface area contributed by atoms with Crippen LogP contribution >= 0.6 is 0 Å². The van der Waals surface area contributed by atoms with Crippen LogP contribution in [0.25, 0.3) is 16.3 Å². The average Bonchev–Trinajstić information content (AvgIpc) is 2.73. The number of nitrogens with one attached hydrogen (secondary N) is 1. The van der Waals surface area contributed by atoms with Gasteiger partial charge < -0.3 is 4.74 Å². The van der Waals surface area contributed by atoms with Crippen molar-refractivity contribution in [3.05, 3.63) is 88.7 Å². The molecule has 1 aliphatic rings. The molecular formula is C24H23NO3S. The van der Waals surface area contributed by atoms with Gasteiger partial charge in [-0.2, -0.15) is 0 Å². The predicted molar refractivity (Wildman–Crippen MR) is 116 cm³/mol. The van der Waals surface area contributed by atoms with E-state index in [-0.39, 0.29) is 11.4 Å². The highest BCUT2D eigenvalue weighted by molar-refractivity contribution is 7.89. The molecule has 0 aliphatic carbocycles. The first kappa shape index (κ1) is 19.6. The molecule has 0 saturated heterocycles. The van der Waals surface area contributed by atoms with Crippen molar-refractivity contribution in [2.75, 3.05) is 13.2 Å². The lowest BCUT2D eigenvalue weighted by Crippen LogP contribution is -2.25. The Bertz CT molecular complexity index is 1230. The van der Waals surface area contributed by atoms with Gasteiger partial charge in [0.1, 0.15) is 0 Å². The van der Waals surface area contributed by atoms with Gasteiger partial charge in [-0.25, -0.2) is 13.1 Å². The van der Waals surface area contributed by atoms with Gasteiger partial charge in [-0.3, -0.25) is 0 Å². The highest BCUT2D eigenvalue weighted by Crippen LogP contribution is 2.31. The van der Waals surface area contributed by atoms with E-state index in [1.165, 1.54) is 10.8 Å². The Labute approximate surface area is 171 Å². The van der Waals surface area contributed by atoms with Gasteiger partial charge in [0.2, 0.25) is 10.0 Å². The van der Waals surface area contributed by atoms with Crippen molar-refractivity contribution in [1.29, 1.82) is 0 Å². The fourth-order valence-corrected chi connectivity index (χ4v) is 4.58. The lowest BCUT2D eigenvalue weighted by molar-refractivity contribution is 0.147. The quantitative estimate of drug-likeness (QED) is 0.646. The number of sulfonamides is 1. The molecule has 148 valence electrons. The number of hydrogen-bond donors (Lipinski definition) is 1. The topological polar surface area (TPSA) is 55.4 Å². The van der Waals surface area contributed by atoms with Crippen molar-refractivity contribution in [3.8, 4) is 0 Å². The van der Waals surface area contributed by atoms with Gasteiger partial charge in [-0.15, -0.1) is 5.73 Å². The highest BCUT2D eigenvalue weighted by Gasteiger charge is 2.17. The lowest BCUT2D eigenvalue weighted by Gasteiger charge is -2.20. The number of aryl methyl sites for hydroxylation is 1. The second-order valence-corrected chi connectivity index (χ2v) is 9.09. The Balaban J connectivity index is 1.62. The molecule has 0 aromatic heterocycles. The minimum Gasteiger partial charge on any atom is -0.371 e. The number of rotatable bonds is 4. The monoisotopic (exact) mass is 405 g/mol. The fourth-order valence-electron chi connectivity index (χ4n) is 3.52. The van der Waals surface area contributed by atoms with Crippen LogP contribution in [-0.4, -0.2) is 21.6 Å². The molecule has 3 aromatic rings. The summed E-state index contributed by atoms with van der Waals surface area (Å²) in [5.74, 6) is 0. The predicted octanol–water partition coefficient (Wildman–Crippen LogP) is 4.59. The highest BCUT2D eigenvalue weighted by atomic mass is 32.2. The Kier molecular flexibility index (Phi) is 5.39. The van der Waals surface area contributed by atoms with E-state index in [1.807, 2.05) is 26.0 Å². The summed E-state index contributed by atoms with van der Waals surface area (Å²) in [6, 6.07) is 19.3. The van der Waals surface area contributed by atoms with Crippen LogP contribution in [0, 0.1) is 6.92 Å². The maximum absolute atomic E-state index is 12.5. The minimum atomic E-state index is -3.55. The van der Waals surface area contributed by atoms with Crippen molar-refractivity contribution in [3.63, 3.8) is 0 Å². The van der Waals surface area contributed by atoms with Gasteiger partial charge in [0.05, 0.1) is 18.1 Å². The molecule has 4 rings (SSSR count). The lowest BCUT2D eigenvalue weighted by atomic mass is 9.93. The number of benzene rings is 3.